The number of ketones is 1. The van der Waals surface area contributed by atoms with Gasteiger partial charge in [0.15, 0.2) is 5.78 Å². The molecule has 164 valence electrons. The normalized spacial score (nSPS) is 19.7. The van der Waals surface area contributed by atoms with Gasteiger partial charge in [-0.25, -0.2) is 9.98 Å². The Labute approximate surface area is 195 Å². The number of hydrogen-bond acceptors (Lipinski definition) is 4. The molecule has 2 aromatic heterocycles. The molecule has 0 amide bonds. The van der Waals surface area contributed by atoms with Crippen molar-refractivity contribution in [1.29, 1.82) is 0 Å². The fourth-order valence-electron chi connectivity index (χ4n) is 4.11. The van der Waals surface area contributed by atoms with Crippen molar-refractivity contribution in [2.24, 2.45) is 9.98 Å². The summed E-state index contributed by atoms with van der Waals surface area (Å²) in [4.78, 5) is 27.8. The summed E-state index contributed by atoms with van der Waals surface area (Å²) in [5.41, 5.74) is 5.30. The fraction of sp³-hybridized carbons (Fsp3) is 0.0357. The van der Waals surface area contributed by atoms with E-state index in [0.29, 0.717) is 0 Å². The van der Waals surface area contributed by atoms with Crippen molar-refractivity contribution in [1.82, 2.24) is 15.3 Å². The number of benzene rings is 1. The van der Waals surface area contributed by atoms with E-state index in [-0.39, 0.29) is 11.8 Å². The number of hydrogen-bond donors (Lipinski definition) is 3. The van der Waals surface area contributed by atoms with Crippen molar-refractivity contribution in [3.63, 3.8) is 0 Å². The molecule has 34 heavy (non-hydrogen) atoms. The third-order valence-corrected chi connectivity index (χ3v) is 5.73. The molecule has 1 aromatic carbocycles. The van der Waals surface area contributed by atoms with Gasteiger partial charge >= 0.3 is 0 Å². The Kier molecular flexibility index (Phi) is 4.88. The van der Waals surface area contributed by atoms with Crippen molar-refractivity contribution in [2.45, 2.75) is 6.04 Å². The van der Waals surface area contributed by atoms with E-state index in [1.54, 1.807) is 6.08 Å². The molecule has 0 radical (unpaired) electrons. The molecule has 4 aliphatic rings. The van der Waals surface area contributed by atoms with Crippen LogP contribution in [0.2, 0.25) is 0 Å². The lowest BCUT2D eigenvalue weighted by atomic mass is 10.2. The standard InChI is InChI=1S/C20H14N4O.C8H7N/c25-20-11-18-9-16-4-3-14(22-16)7-12-1-2-13(21-12)8-15-5-6-17(23-15)10-19(20)24-18;1-2-4-8-7(3-1)5-6-9-8/h1-11,19,21,24H;1-6,9H. The van der Waals surface area contributed by atoms with Gasteiger partial charge in [0.05, 0.1) is 22.8 Å². The van der Waals surface area contributed by atoms with Crippen molar-refractivity contribution in [3.8, 4) is 0 Å². The van der Waals surface area contributed by atoms with E-state index in [0.717, 1.165) is 39.2 Å². The highest BCUT2D eigenvalue weighted by Gasteiger charge is 2.22. The predicted molar refractivity (Wildman–Crippen MR) is 137 cm³/mol. The Bertz CT molecular complexity index is 1620. The molecule has 3 N–H and O–H groups in total. The number of H-pyrrole nitrogens is 2. The average Bonchev–Trinajstić information content (AvgIpc) is 3.64. The molecular weight excluding hydrogens is 422 g/mol. The quantitative estimate of drug-likeness (QED) is 0.499. The van der Waals surface area contributed by atoms with Gasteiger partial charge in [-0.1, -0.05) is 18.2 Å². The molecule has 3 aromatic rings. The minimum Gasteiger partial charge on any atom is -0.372 e. The number of aromatic nitrogens is 2. The Morgan fingerprint density at radius 3 is 2.26 bits per heavy atom. The van der Waals surface area contributed by atoms with Gasteiger partial charge in [-0.05, 0) is 78.3 Å². The zero-order chi connectivity index (χ0) is 22.9. The van der Waals surface area contributed by atoms with Crippen LogP contribution in [0.15, 0.2) is 118 Å². The maximum absolute atomic E-state index is 12.2. The van der Waals surface area contributed by atoms with Gasteiger partial charge in [0.2, 0.25) is 0 Å². The summed E-state index contributed by atoms with van der Waals surface area (Å²) >= 11 is 0. The van der Waals surface area contributed by atoms with E-state index in [4.69, 9.17) is 0 Å². The third kappa shape index (κ3) is 4.17. The van der Waals surface area contributed by atoms with Crippen LogP contribution in [-0.4, -0.2) is 33.2 Å². The zero-order valence-electron chi connectivity index (χ0n) is 18.2. The van der Waals surface area contributed by atoms with Gasteiger partial charge < -0.3 is 15.3 Å². The first-order valence-corrected chi connectivity index (χ1v) is 11.1. The number of nitrogens with one attached hydrogen (secondary N) is 3. The second kappa shape index (κ2) is 8.33. The molecule has 6 heterocycles. The zero-order valence-corrected chi connectivity index (χ0v) is 18.2. The lowest BCUT2D eigenvalue weighted by molar-refractivity contribution is -0.114. The first kappa shape index (κ1) is 19.9. The minimum atomic E-state index is -0.389. The van der Waals surface area contributed by atoms with E-state index in [1.807, 2.05) is 79.1 Å². The van der Waals surface area contributed by atoms with Crippen LogP contribution in [0.3, 0.4) is 0 Å². The van der Waals surface area contributed by atoms with E-state index in [9.17, 15) is 4.79 Å². The van der Waals surface area contributed by atoms with E-state index in [1.165, 1.54) is 10.9 Å². The number of aromatic amines is 2. The molecule has 0 fully saturated rings. The van der Waals surface area contributed by atoms with E-state index >= 15 is 0 Å². The molecule has 0 saturated heterocycles. The predicted octanol–water partition coefficient (Wildman–Crippen LogP) is 2.97. The summed E-state index contributed by atoms with van der Waals surface area (Å²) in [5.74, 6) is 0.0241. The minimum absolute atomic E-state index is 0.0241. The van der Waals surface area contributed by atoms with Gasteiger partial charge in [0.1, 0.15) is 6.04 Å². The highest BCUT2D eigenvalue weighted by molar-refractivity contribution is 6.20. The molecule has 0 spiro atoms. The molecule has 1 atom stereocenters. The van der Waals surface area contributed by atoms with Crippen LogP contribution in [0.5, 0.6) is 0 Å². The number of nitrogens with zero attached hydrogens (tertiary/aromatic N) is 2. The fourth-order valence-corrected chi connectivity index (χ4v) is 4.11. The van der Waals surface area contributed by atoms with Crippen LogP contribution in [-0.2, 0) is 4.79 Å². The monoisotopic (exact) mass is 443 g/mol. The number of para-hydroxylation sites is 1. The van der Waals surface area contributed by atoms with Crippen LogP contribution >= 0.6 is 0 Å². The smallest absolute Gasteiger partial charge is 0.183 e. The number of fused-ring (bicyclic) bond motifs is 7. The topological polar surface area (TPSA) is 85.4 Å². The Hall–Kier alpha value is -4.71. The van der Waals surface area contributed by atoms with Crippen molar-refractivity contribution < 1.29 is 4.79 Å². The molecular formula is C28H21N5O. The molecule has 6 heteroatoms. The summed E-state index contributed by atoms with van der Waals surface area (Å²) in [6.45, 7) is 0. The molecule has 0 aliphatic carbocycles. The highest BCUT2D eigenvalue weighted by atomic mass is 16.1. The Balaban J connectivity index is 0.000000202. The largest absolute Gasteiger partial charge is 0.372 e. The van der Waals surface area contributed by atoms with Crippen molar-refractivity contribution in [3.05, 3.63) is 119 Å². The lowest BCUT2D eigenvalue weighted by Gasteiger charge is -2.06. The first-order valence-electron chi connectivity index (χ1n) is 11.1. The second-order valence-electron chi connectivity index (χ2n) is 8.25. The van der Waals surface area contributed by atoms with Crippen LogP contribution in [0.25, 0.3) is 23.1 Å². The molecule has 6 nitrogen and oxygen atoms in total. The molecule has 8 bridgehead atoms. The van der Waals surface area contributed by atoms with Crippen LogP contribution < -0.4 is 16.0 Å². The summed E-state index contributed by atoms with van der Waals surface area (Å²) in [5, 5.41) is 6.44. The number of rotatable bonds is 0. The van der Waals surface area contributed by atoms with Crippen LogP contribution in [0.4, 0.5) is 0 Å². The van der Waals surface area contributed by atoms with Crippen molar-refractivity contribution in [2.75, 3.05) is 0 Å². The molecule has 7 rings (SSSR count). The first-order chi connectivity index (χ1) is 16.7. The summed E-state index contributed by atoms with van der Waals surface area (Å²) in [7, 11) is 0. The van der Waals surface area contributed by atoms with E-state index < -0.39 is 0 Å². The summed E-state index contributed by atoms with van der Waals surface area (Å²) < 4.78 is 0. The maximum Gasteiger partial charge on any atom is 0.183 e. The average molecular weight is 444 g/mol. The Morgan fingerprint density at radius 2 is 1.47 bits per heavy atom. The van der Waals surface area contributed by atoms with Gasteiger partial charge in [0, 0.05) is 34.2 Å². The van der Waals surface area contributed by atoms with Gasteiger partial charge in [-0.3, -0.25) is 4.79 Å². The highest BCUT2D eigenvalue weighted by Crippen LogP contribution is 2.18. The van der Waals surface area contributed by atoms with Crippen molar-refractivity contribution >= 4 is 40.3 Å². The second-order valence-corrected chi connectivity index (χ2v) is 8.25. The Morgan fingerprint density at radius 1 is 0.735 bits per heavy atom. The maximum atomic E-state index is 12.2. The number of allylic oxidation sites excluding steroid dienone is 5. The summed E-state index contributed by atoms with van der Waals surface area (Å²) in [6.07, 6.45) is 19.0. The van der Waals surface area contributed by atoms with Crippen LogP contribution in [0, 0.1) is 0 Å². The lowest BCUT2D eigenvalue weighted by Crippen LogP contribution is -2.26. The van der Waals surface area contributed by atoms with Crippen LogP contribution in [0.1, 0.15) is 0 Å². The van der Waals surface area contributed by atoms with E-state index in [2.05, 4.69) is 43.5 Å². The number of carbonyl (C=O) groups is 1. The van der Waals surface area contributed by atoms with Gasteiger partial charge in [-0.15, -0.1) is 0 Å². The number of carbonyl (C=O) groups excluding carboxylic acids is 1. The molecule has 1 unspecified atom stereocenters. The number of aliphatic imine (C=N–C) groups is 2. The molecule has 4 aliphatic heterocycles. The molecule has 0 saturated carbocycles. The third-order valence-electron chi connectivity index (χ3n) is 5.73. The SMILES string of the molecule is O=C1C=C2C=C3C=CC(=N3)C=c3ccc([nH]3)=CC3=NC(=CC1N2)C=C3.c1ccc2[nH]ccc2c1. The van der Waals surface area contributed by atoms with Gasteiger partial charge in [0.25, 0.3) is 0 Å². The summed E-state index contributed by atoms with van der Waals surface area (Å²) in [6, 6.07) is 13.9. The van der Waals surface area contributed by atoms with Gasteiger partial charge in [-0.2, -0.15) is 0 Å².